The number of nitrogens with zero attached hydrogens (tertiary/aromatic N) is 1. The largest absolute Gasteiger partial charge is 0.392 e. The third-order valence-electron chi connectivity index (χ3n) is 3.44. The summed E-state index contributed by atoms with van der Waals surface area (Å²) in [5, 5.41) is 10.4. The minimum atomic E-state index is 0.0920. The van der Waals surface area contributed by atoms with Gasteiger partial charge in [0.05, 0.1) is 12.1 Å². The lowest BCUT2D eigenvalue weighted by Crippen LogP contribution is -2.04. The fraction of sp³-hybridized carbons (Fsp3) is 0.357. The highest BCUT2D eigenvalue weighted by Gasteiger charge is 2.12. The van der Waals surface area contributed by atoms with Gasteiger partial charge in [-0.3, -0.25) is 4.98 Å². The highest BCUT2D eigenvalue weighted by atomic mass is 16.3. The van der Waals surface area contributed by atoms with E-state index in [1.807, 2.05) is 18.3 Å². The molecule has 0 spiro atoms. The van der Waals surface area contributed by atoms with Gasteiger partial charge in [-0.05, 0) is 48.4 Å². The van der Waals surface area contributed by atoms with Crippen LogP contribution in [0.1, 0.15) is 29.5 Å². The lowest BCUT2D eigenvalue weighted by molar-refractivity contribution is 0.282. The van der Waals surface area contributed by atoms with Gasteiger partial charge in [0.25, 0.3) is 0 Å². The fourth-order valence-corrected chi connectivity index (χ4v) is 2.56. The van der Waals surface area contributed by atoms with Gasteiger partial charge in [0.1, 0.15) is 0 Å². The van der Waals surface area contributed by atoms with E-state index < -0.39 is 0 Å². The molecule has 0 aliphatic heterocycles. The third kappa shape index (κ3) is 1.50. The fourth-order valence-electron chi connectivity index (χ4n) is 2.56. The van der Waals surface area contributed by atoms with Crippen LogP contribution in [0.4, 0.5) is 0 Å². The predicted molar refractivity (Wildman–Crippen MR) is 64.3 cm³/mol. The molecule has 2 heteroatoms. The molecule has 0 bridgehead atoms. The van der Waals surface area contributed by atoms with Gasteiger partial charge in [-0.15, -0.1) is 0 Å². The van der Waals surface area contributed by atoms with Crippen molar-refractivity contribution in [3.8, 4) is 0 Å². The number of hydrogen-bond acceptors (Lipinski definition) is 2. The molecule has 1 aromatic heterocycles. The zero-order valence-electron chi connectivity index (χ0n) is 9.24. The standard InChI is InChI=1S/C14H15NO/c16-9-10-5-6-13-12-4-2-1-3-11(12)8-15-14(13)7-10/h5-8,16H,1-4,9H2. The van der Waals surface area contributed by atoms with Crippen LogP contribution in [0.5, 0.6) is 0 Å². The predicted octanol–water partition coefficient (Wildman–Crippen LogP) is 2.61. The SMILES string of the molecule is OCc1ccc2c3c(cnc2c1)CCCC3. The number of aliphatic hydroxyl groups is 1. The van der Waals surface area contributed by atoms with Gasteiger partial charge in [0, 0.05) is 11.6 Å². The molecule has 1 aliphatic rings. The Kier molecular flexibility index (Phi) is 2.37. The zero-order valence-corrected chi connectivity index (χ0v) is 9.24. The maximum absolute atomic E-state index is 9.11. The maximum Gasteiger partial charge on any atom is 0.0708 e. The van der Waals surface area contributed by atoms with E-state index in [2.05, 4.69) is 11.1 Å². The van der Waals surface area contributed by atoms with Crippen molar-refractivity contribution < 1.29 is 5.11 Å². The lowest BCUT2D eigenvalue weighted by Gasteiger charge is -2.17. The zero-order chi connectivity index (χ0) is 11.0. The van der Waals surface area contributed by atoms with Crippen LogP contribution >= 0.6 is 0 Å². The van der Waals surface area contributed by atoms with E-state index in [0.29, 0.717) is 0 Å². The molecule has 1 aromatic carbocycles. The van der Waals surface area contributed by atoms with Crippen LogP contribution in [0.15, 0.2) is 24.4 Å². The number of aliphatic hydroxyl groups excluding tert-OH is 1. The van der Waals surface area contributed by atoms with Crippen molar-refractivity contribution in [2.75, 3.05) is 0 Å². The van der Waals surface area contributed by atoms with Crippen LogP contribution < -0.4 is 0 Å². The van der Waals surface area contributed by atoms with Crippen molar-refractivity contribution in [1.29, 1.82) is 0 Å². The molecule has 2 nitrogen and oxygen atoms in total. The van der Waals surface area contributed by atoms with Gasteiger partial charge < -0.3 is 5.11 Å². The Balaban J connectivity index is 2.24. The summed E-state index contributed by atoms with van der Waals surface area (Å²) < 4.78 is 0. The first-order valence-corrected chi connectivity index (χ1v) is 5.89. The molecule has 3 rings (SSSR count). The molecule has 0 amide bonds. The number of hydrogen-bond donors (Lipinski definition) is 1. The van der Waals surface area contributed by atoms with Gasteiger partial charge >= 0.3 is 0 Å². The van der Waals surface area contributed by atoms with E-state index in [1.54, 1.807) is 0 Å². The molecule has 1 aliphatic carbocycles. The lowest BCUT2D eigenvalue weighted by atomic mass is 9.90. The molecule has 0 radical (unpaired) electrons. The second kappa shape index (κ2) is 3.87. The molecule has 0 unspecified atom stereocenters. The maximum atomic E-state index is 9.11. The van der Waals surface area contributed by atoms with Gasteiger partial charge in [-0.2, -0.15) is 0 Å². The van der Waals surface area contributed by atoms with Crippen LogP contribution in [0.3, 0.4) is 0 Å². The van der Waals surface area contributed by atoms with Crippen molar-refractivity contribution in [2.45, 2.75) is 32.3 Å². The summed E-state index contributed by atoms with van der Waals surface area (Å²) in [5.41, 5.74) is 4.85. The second-order valence-corrected chi connectivity index (χ2v) is 4.48. The average Bonchev–Trinajstić information content (AvgIpc) is 2.38. The topological polar surface area (TPSA) is 33.1 Å². The third-order valence-corrected chi connectivity index (χ3v) is 3.44. The molecule has 2 aromatic rings. The molecule has 0 atom stereocenters. The van der Waals surface area contributed by atoms with E-state index in [4.69, 9.17) is 5.11 Å². The van der Waals surface area contributed by atoms with Crippen molar-refractivity contribution in [1.82, 2.24) is 4.98 Å². The molecular weight excluding hydrogens is 198 g/mol. The van der Waals surface area contributed by atoms with Gasteiger partial charge in [0.2, 0.25) is 0 Å². The molecule has 0 fully saturated rings. The Bertz CT molecular complexity index is 533. The van der Waals surface area contributed by atoms with Crippen molar-refractivity contribution >= 4 is 10.9 Å². The minimum absolute atomic E-state index is 0.0920. The number of aromatic nitrogens is 1. The highest BCUT2D eigenvalue weighted by Crippen LogP contribution is 2.27. The Morgan fingerprint density at radius 3 is 2.94 bits per heavy atom. The van der Waals surface area contributed by atoms with E-state index in [9.17, 15) is 0 Å². The molecular formula is C14H15NO. The number of benzene rings is 1. The van der Waals surface area contributed by atoms with Crippen LogP contribution in [-0.4, -0.2) is 10.1 Å². The molecule has 1 heterocycles. The molecule has 0 saturated carbocycles. The van der Waals surface area contributed by atoms with Gasteiger partial charge in [0.15, 0.2) is 0 Å². The van der Waals surface area contributed by atoms with E-state index >= 15 is 0 Å². The molecule has 1 N–H and O–H groups in total. The van der Waals surface area contributed by atoms with Crippen molar-refractivity contribution in [2.24, 2.45) is 0 Å². The highest BCUT2D eigenvalue weighted by molar-refractivity contribution is 5.83. The number of pyridine rings is 1. The normalized spacial score (nSPS) is 15.1. The number of rotatable bonds is 1. The van der Waals surface area contributed by atoms with Crippen LogP contribution in [0, 0.1) is 0 Å². The summed E-state index contributed by atoms with van der Waals surface area (Å²) in [5.74, 6) is 0. The first kappa shape index (κ1) is 9.79. The molecule has 82 valence electrons. The Hall–Kier alpha value is -1.41. The number of aryl methyl sites for hydroxylation is 2. The molecule has 0 saturated heterocycles. The summed E-state index contributed by atoms with van der Waals surface area (Å²) >= 11 is 0. The summed E-state index contributed by atoms with van der Waals surface area (Å²) in [6.07, 6.45) is 6.92. The monoisotopic (exact) mass is 213 g/mol. The minimum Gasteiger partial charge on any atom is -0.392 e. The Labute approximate surface area is 94.9 Å². The number of fused-ring (bicyclic) bond motifs is 3. The van der Waals surface area contributed by atoms with Crippen LogP contribution in [0.2, 0.25) is 0 Å². The van der Waals surface area contributed by atoms with Crippen molar-refractivity contribution in [3.63, 3.8) is 0 Å². The van der Waals surface area contributed by atoms with E-state index in [0.717, 1.165) is 11.1 Å². The summed E-state index contributed by atoms with van der Waals surface area (Å²) in [7, 11) is 0. The van der Waals surface area contributed by atoms with E-state index in [-0.39, 0.29) is 6.61 Å². The quantitative estimate of drug-likeness (QED) is 0.790. The first-order chi connectivity index (χ1) is 7.88. The first-order valence-electron chi connectivity index (χ1n) is 5.89. The summed E-state index contributed by atoms with van der Waals surface area (Å²) in [6.45, 7) is 0.0920. The van der Waals surface area contributed by atoms with Crippen LogP contribution in [-0.2, 0) is 19.4 Å². The van der Waals surface area contributed by atoms with E-state index in [1.165, 1.54) is 42.2 Å². The van der Waals surface area contributed by atoms with Crippen molar-refractivity contribution in [3.05, 3.63) is 41.1 Å². The second-order valence-electron chi connectivity index (χ2n) is 4.48. The average molecular weight is 213 g/mol. The summed E-state index contributed by atoms with van der Waals surface area (Å²) in [4.78, 5) is 4.49. The summed E-state index contributed by atoms with van der Waals surface area (Å²) in [6, 6.07) is 6.10. The Morgan fingerprint density at radius 2 is 2.06 bits per heavy atom. The smallest absolute Gasteiger partial charge is 0.0708 e. The van der Waals surface area contributed by atoms with Gasteiger partial charge in [-0.1, -0.05) is 12.1 Å². The molecule has 16 heavy (non-hydrogen) atoms. The van der Waals surface area contributed by atoms with Gasteiger partial charge in [-0.25, -0.2) is 0 Å². The Morgan fingerprint density at radius 1 is 1.19 bits per heavy atom. The van der Waals surface area contributed by atoms with Crippen LogP contribution in [0.25, 0.3) is 10.9 Å².